The predicted molar refractivity (Wildman–Crippen MR) is 81.1 cm³/mol. The van der Waals surface area contributed by atoms with Crippen LogP contribution in [-0.2, 0) is 6.61 Å². The molecule has 2 aromatic rings. The summed E-state index contributed by atoms with van der Waals surface area (Å²) < 4.78 is 19.0. The minimum Gasteiger partial charge on any atom is -0.489 e. The van der Waals surface area contributed by atoms with Crippen molar-refractivity contribution in [3.8, 4) is 5.75 Å². The molecule has 0 bridgehead atoms. The molecule has 5 heteroatoms. The molecule has 0 atom stereocenters. The molecule has 2 aromatic carbocycles. The van der Waals surface area contributed by atoms with Crippen molar-refractivity contribution < 1.29 is 19.2 Å². The highest BCUT2D eigenvalue weighted by atomic mass is 19.1. The zero-order valence-corrected chi connectivity index (χ0v) is 12.1. The standard InChI is InChI=1S/C16H18BFO3/c1-11(2)13-4-6-14(7-5-13)21-10-12-3-8-16(18)15(9-12)17(19)20/h3-9,11,19-20H,10H2,1-2H3. The normalized spacial score (nSPS) is 10.8. The van der Waals surface area contributed by atoms with Gasteiger partial charge >= 0.3 is 7.12 Å². The first-order valence-corrected chi connectivity index (χ1v) is 6.84. The van der Waals surface area contributed by atoms with E-state index in [9.17, 15) is 4.39 Å². The zero-order valence-electron chi connectivity index (χ0n) is 12.1. The van der Waals surface area contributed by atoms with Crippen molar-refractivity contribution in [2.75, 3.05) is 0 Å². The molecule has 0 aliphatic carbocycles. The summed E-state index contributed by atoms with van der Waals surface area (Å²) in [6.07, 6.45) is 0. The van der Waals surface area contributed by atoms with Crippen LogP contribution in [0.15, 0.2) is 42.5 Å². The second kappa shape index (κ2) is 6.74. The summed E-state index contributed by atoms with van der Waals surface area (Å²) in [6.45, 7) is 4.48. The third-order valence-corrected chi connectivity index (χ3v) is 3.29. The summed E-state index contributed by atoms with van der Waals surface area (Å²) in [4.78, 5) is 0. The van der Waals surface area contributed by atoms with E-state index in [0.29, 0.717) is 11.5 Å². The van der Waals surface area contributed by atoms with Crippen LogP contribution in [-0.4, -0.2) is 17.2 Å². The lowest BCUT2D eigenvalue weighted by Crippen LogP contribution is -2.33. The first-order valence-electron chi connectivity index (χ1n) is 6.84. The molecule has 0 spiro atoms. The van der Waals surface area contributed by atoms with Crippen molar-refractivity contribution in [3.05, 3.63) is 59.4 Å². The van der Waals surface area contributed by atoms with Crippen LogP contribution in [0.2, 0.25) is 0 Å². The Morgan fingerprint density at radius 3 is 2.33 bits per heavy atom. The number of hydrogen-bond donors (Lipinski definition) is 2. The summed E-state index contributed by atoms with van der Waals surface area (Å²) >= 11 is 0. The Balaban J connectivity index is 2.04. The largest absolute Gasteiger partial charge is 0.491 e. The summed E-state index contributed by atoms with van der Waals surface area (Å²) in [5.74, 6) is 0.537. The van der Waals surface area contributed by atoms with Gasteiger partial charge < -0.3 is 14.8 Å². The van der Waals surface area contributed by atoms with Crippen LogP contribution in [0.1, 0.15) is 30.9 Å². The minimum atomic E-state index is -1.82. The predicted octanol–water partition coefficient (Wildman–Crippen LogP) is 2.21. The first kappa shape index (κ1) is 15.5. The molecule has 2 N–H and O–H groups in total. The molecule has 0 saturated carbocycles. The SMILES string of the molecule is CC(C)c1ccc(OCc2ccc(F)c(B(O)O)c2)cc1. The monoisotopic (exact) mass is 288 g/mol. The molecule has 110 valence electrons. The maximum absolute atomic E-state index is 13.3. The molecular formula is C16H18BFO3. The molecule has 0 heterocycles. The quantitative estimate of drug-likeness (QED) is 0.829. The zero-order chi connectivity index (χ0) is 15.4. The van der Waals surface area contributed by atoms with Gasteiger partial charge in [0.15, 0.2) is 0 Å². The Bertz CT molecular complexity index is 597. The highest BCUT2D eigenvalue weighted by Gasteiger charge is 2.16. The lowest BCUT2D eigenvalue weighted by Gasteiger charge is -2.10. The van der Waals surface area contributed by atoms with Gasteiger partial charge in [0.05, 0.1) is 0 Å². The van der Waals surface area contributed by atoms with E-state index in [1.807, 2.05) is 24.3 Å². The van der Waals surface area contributed by atoms with Crippen LogP contribution in [0.25, 0.3) is 0 Å². The lowest BCUT2D eigenvalue weighted by molar-refractivity contribution is 0.306. The first-order chi connectivity index (χ1) is 9.97. The molecular weight excluding hydrogens is 270 g/mol. The van der Waals surface area contributed by atoms with E-state index in [1.54, 1.807) is 6.07 Å². The molecule has 21 heavy (non-hydrogen) atoms. The number of halogens is 1. The van der Waals surface area contributed by atoms with Crippen molar-refractivity contribution >= 4 is 12.6 Å². The van der Waals surface area contributed by atoms with Crippen LogP contribution in [0, 0.1) is 5.82 Å². The Kier molecular flexibility index (Phi) is 4.99. The van der Waals surface area contributed by atoms with E-state index in [1.165, 1.54) is 17.7 Å². The summed E-state index contributed by atoms with van der Waals surface area (Å²) in [5.41, 5.74) is 1.76. The fourth-order valence-corrected chi connectivity index (χ4v) is 2.00. The number of benzene rings is 2. The van der Waals surface area contributed by atoms with Gasteiger partial charge in [-0.2, -0.15) is 0 Å². The second-order valence-electron chi connectivity index (χ2n) is 5.24. The van der Waals surface area contributed by atoms with E-state index in [-0.39, 0.29) is 12.1 Å². The van der Waals surface area contributed by atoms with Gasteiger partial charge in [-0.3, -0.25) is 0 Å². The highest BCUT2D eigenvalue weighted by molar-refractivity contribution is 6.58. The van der Waals surface area contributed by atoms with Crippen molar-refractivity contribution in [3.63, 3.8) is 0 Å². The van der Waals surface area contributed by atoms with E-state index >= 15 is 0 Å². The Hall–Kier alpha value is -1.85. The van der Waals surface area contributed by atoms with Gasteiger partial charge in [-0.1, -0.05) is 38.1 Å². The average Bonchev–Trinajstić information content (AvgIpc) is 2.46. The van der Waals surface area contributed by atoms with Crippen LogP contribution < -0.4 is 10.2 Å². The number of rotatable bonds is 5. The minimum absolute atomic E-state index is 0.147. The lowest BCUT2D eigenvalue weighted by atomic mass is 9.79. The maximum atomic E-state index is 13.3. The van der Waals surface area contributed by atoms with Crippen molar-refractivity contribution in [2.24, 2.45) is 0 Å². The third-order valence-electron chi connectivity index (χ3n) is 3.29. The van der Waals surface area contributed by atoms with Gasteiger partial charge in [-0.05, 0) is 35.2 Å². The van der Waals surface area contributed by atoms with Crippen molar-refractivity contribution in [2.45, 2.75) is 26.4 Å². The molecule has 0 fully saturated rings. The van der Waals surface area contributed by atoms with Crippen LogP contribution in [0.3, 0.4) is 0 Å². The van der Waals surface area contributed by atoms with Gasteiger partial charge in [-0.25, -0.2) is 4.39 Å². The van der Waals surface area contributed by atoms with Crippen LogP contribution in [0.4, 0.5) is 4.39 Å². The number of hydrogen-bond acceptors (Lipinski definition) is 3. The van der Waals surface area contributed by atoms with Gasteiger partial charge in [0.25, 0.3) is 0 Å². The Labute approximate surface area is 124 Å². The van der Waals surface area contributed by atoms with Crippen LogP contribution in [0.5, 0.6) is 5.75 Å². The third kappa shape index (κ3) is 4.06. The Morgan fingerprint density at radius 1 is 1.10 bits per heavy atom. The van der Waals surface area contributed by atoms with Crippen molar-refractivity contribution in [1.82, 2.24) is 0 Å². The molecule has 0 aliphatic heterocycles. The summed E-state index contributed by atoms with van der Waals surface area (Å²) in [5, 5.41) is 18.1. The van der Waals surface area contributed by atoms with Gasteiger partial charge in [0.1, 0.15) is 18.2 Å². The molecule has 0 amide bonds. The topological polar surface area (TPSA) is 49.7 Å². The van der Waals surface area contributed by atoms with Gasteiger partial charge in [0.2, 0.25) is 0 Å². The second-order valence-corrected chi connectivity index (χ2v) is 5.24. The average molecular weight is 288 g/mol. The fraction of sp³-hybridized carbons (Fsp3) is 0.250. The molecule has 0 radical (unpaired) electrons. The molecule has 3 nitrogen and oxygen atoms in total. The summed E-state index contributed by atoms with van der Waals surface area (Å²) in [7, 11) is -1.82. The van der Waals surface area contributed by atoms with Crippen LogP contribution >= 0.6 is 0 Å². The smallest absolute Gasteiger partial charge is 0.489 e. The number of ether oxygens (including phenoxy) is 1. The molecule has 0 aromatic heterocycles. The van der Waals surface area contributed by atoms with E-state index in [0.717, 1.165) is 5.75 Å². The maximum Gasteiger partial charge on any atom is 0.491 e. The molecule has 2 rings (SSSR count). The van der Waals surface area contributed by atoms with Gasteiger partial charge in [0, 0.05) is 5.46 Å². The molecule has 0 unspecified atom stereocenters. The summed E-state index contributed by atoms with van der Waals surface area (Å²) in [6, 6.07) is 11.9. The van der Waals surface area contributed by atoms with E-state index in [2.05, 4.69) is 13.8 Å². The van der Waals surface area contributed by atoms with E-state index < -0.39 is 12.9 Å². The highest BCUT2D eigenvalue weighted by Crippen LogP contribution is 2.19. The molecule has 0 aliphatic rings. The Morgan fingerprint density at radius 2 is 1.76 bits per heavy atom. The fourth-order valence-electron chi connectivity index (χ4n) is 2.00. The molecule has 0 saturated heterocycles. The van der Waals surface area contributed by atoms with Gasteiger partial charge in [-0.15, -0.1) is 0 Å². The van der Waals surface area contributed by atoms with Crippen molar-refractivity contribution in [1.29, 1.82) is 0 Å². The van der Waals surface area contributed by atoms with E-state index in [4.69, 9.17) is 14.8 Å².